The molecule has 1 aromatic heterocycles. The number of esters is 1. The van der Waals surface area contributed by atoms with E-state index < -0.39 is 5.97 Å². The summed E-state index contributed by atoms with van der Waals surface area (Å²) in [7, 11) is 0. The van der Waals surface area contributed by atoms with E-state index in [1.165, 1.54) is 11.5 Å². The highest BCUT2D eigenvalue weighted by molar-refractivity contribution is 7.11. The molecule has 1 rings (SSSR count). The highest BCUT2D eigenvalue weighted by atomic mass is 32.1. The standard InChI is InChI=1S/C13H23N3O2S/c1-5-18-13(17)10-11(14)16-19-12(10)15-9(4)7-6-8(2)3/h8-9,15H,5-7H2,1-4H3,(H2,14,16). The summed E-state index contributed by atoms with van der Waals surface area (Å²) in [4.78, 5) is 11.8. The second-order valence-electron chi connectivity index (χ2n) is 5.01. The molecule has 0 aliphatic carbocycles. The number of nitrogens with two attached hydrogens (primary N) is 1. The average Bonchev–Trinajstić information content (AvgIpc) is 2.68. The van der Waals surface area contributed by atoms with Gasteiger partial charge in [0.2, 0.25) is 0 Å². The molecule has 108 valence electrons. The van der Waals surface area contributed by atoms with Gasteiger partial charge in [0.15, 0.2) is 5.82 Å². The van der Waals surface area contributed by atoms with Gasteiger partial charge < -0.3 is 15.8 Å². The van der Waals surface area contributed by atoms with Gasteiger partial charge >= 0.3 is 5.97 Å². The van der Waals surface area contributed by atoms with Crippen LogP contribution >= 0.6 is 11.5 Å². The number of anilines is 2. The van der Waals surface area contributed by atoms with Crippen molar-refractivity contribution in [1.82, 2.24) is 4.37 Å². The van der Waals surface area contributed by atoms with Crippen molar-refractivity contribution in [3.63, 3.8) is 0 Å². The molecule has 0 saturated heterocycles. The van der Waals surface area contributed by atoms with Crippen LogP contribution in [0.4, 0.5) is 10.8 Å². The smallest absolute Gasteiger partial charge is 0.344 e. The highest BCUT2D eigenvalue weighted by Gasteiger charge is 2.21. The third kappa shape index (κ3) is 4.70. The SMILES string of the molecule is CCOC(=O)c1c(N)nsc1NC(C)CCC(C)C. The average molecular weight is 285 g/mol. The van der Waals surface area contributed by atoms with Crippen molar-refractivity contribution in [2.75, 3.05) is 17.7 Å². The first-order valence-corrected chi connectivity index (χ1v) is 7.41. The fourth-order valence-electron chi connectivity index (χ4n) is 1.68. The number of carbonyl (C=O) groups is 1. The van der Waals surface area contributed by atoms with E-state index in [9.17, 15) is 4.79 Å². The molecule has 0 fully saturated rings. The van der Waals surface area contributed by atoms with Gasteiger partial charge in [-0.2, -0.15) is 4.37 Å². The van der Waals surface area contributed by atoms with E-state index in [2.05, 4.69) is 30.5 Å². The molecule has 0 amide bonds. The summed E-state index contributed by atoms with van der Waals surface area (Å²) in [6.45, 7) is 8.58. The minimum Gasteiger partial charge on any atom is -0.462 e. The summed E-state index contributed by atoms with van der Waals surface area (Å²) in [6, 6.07) is 0.274. The minimum atomic E-state index is -0.410. The summed E-state index contributed by atoms with van der Waals surface area (Å²) in [5, 5.41) is 4.00. The van der Waals surface area contributed by atoms with E-state index in [1.807, 2.05) is 0 Å². The van der Waals surface area contributed by atoms with Crippen LogP contribution in [0.5, 0.6) is 0 Å². The fourth-order valence-corrected chi connectivity index (χ4v) is 2.49. The van der Waals surface area contributed by atoms with E-state index >= 15 is 0 Å². The van der Waals surface area contributed by atoms with E-state index in [0.717, 1.165) is 12.8 Å². The lowest BCUT2D eigenvalue weighted by Crippen LogP contribution is -2.17. The van der Waals surface area contributed by atoms with Crippen molar-refractivity contribution in [2.24, 2.45) is 5.92 Å². The Balaban J connectivity index is 2.70. The maximum absolute atomic E-state index is 11.8. The Kier molecular flexibility index (Phi) is 6.08. The van der Waals surface area contributed by atoms with Crippen molar-refractivity contribution in [2.45, 2.75) is 46.6 Å². The fraction of sp³-hybridized carbons (Fsp3) is 0.692. The molecule has 0 aromatic carbocycles. The van der Waals surface area contributed by atoms with Crippen LogP contribution in [0.2, 0.25) is 0 Å². The molecular weight excluding hydrogens is 262 g/mol. The molecule has 3 N–H and O–H groups in total. The number of ether oxygens (including phenoxy) is 1. The molecule has 1 aromatic rings. The number of carbonyl (C=O) groups excluding carboxylic acids is 1. The number of nitrogens with zero attached hydrogens (tertiary/aromatic N) is 1. The van der Waals surface area contributed by atoms with E-state index in [1.54, 1.807) is 6.92 Å². The lowest BCUT2D eigenvalue weighted by Gasteiger charge is -2.15. The predicted molar refractivity (Wildman–Crippen MR) is 79.6 cm³/mol. The Bertz CT molecular complexity index is 418. The molecule has 0 bridgehead atoms. The van der Waals surface area contributed by atoms with Crippen LogP contribution in [0, 0.1) is 5.92 Å². The Morgan fingerprint density at radius 1 is 1.42 bits per heavy atom. The van der Waals surface area contributed by atoms with Gasteiger partial charge in [-0.25, -0.2) is 4.79 Å². The molecule has 1 unspecified atom stereocenters. The molecule has 1 atom stereocenters. The molecule has 0 radical (unpaired) electrons. The second-order valence-corrected chi connectivity index (χ2v) is 5.78. The molecule has 19 heavy (non-hydrogen) atoms. The zero-order valence-corrected chi connectivity index (χ0v) is 12.8. The number of nitrogens with one attached hydrogen (secondary N) is 1. The number of hydrogen-bond donors (Lipinski definition) is 2. The van der Waals surface area contributed by atoms with Crippen molar-refractivity contribution < 1.29 is 9.53 Å². The van der Waals surface area contributed by atoms with E-state index in [0.29, 0.717) is 23.1 Å². The van der Waals surface area contributed by atoms with Gasteiger partial charge in [0.1, 0.15) is 10.6 Å². The summed E-state index contributed by atoms with van der Waals surface area (Å²) >= 11 is 1.21. The molecule has 0 saturated carbocycles. The molecule has 6 heteroatoms. The summed E-state index contributed by atoms with van der Waals surface area (Å²) in [5.41, 5.74) is 6.09. The quantitative estimate of drug-likeness (QED) is 0.753. The van der Waals surface area contributed by atoms with Crippen molar-refractivity contribution in [1.29, 1.82) is 0 Å². The largest absolute Gasteiger partial charge is 0.462 e. The Hall–Kier alpha value is -1.30. The van der Waals surface area contributed by atoms with Crippen LogP contribution in [-0.2, 0) is 4.74 Å². The first kappa shape index (κ1) is 15.8. The predicted octanol–water partition coefficient (Wildman–Crippen LogP) is 3.14. The molecule has 0 aliphatic rings. The Morgan fingerprint density at radius 3 is 2.68 bits per heavy atom. The molecule has 0 spiro atoms. The lowest BCUT2D eigenvalue weighted by molar-refractivity contribution is 0.0529. The summed E-state index contributed by atoms with van der Waals surface area (Å²) in [6.07, 6.45) is 2.18. The molecule has 1 heterocycles. The van der Waals surface area contributed by atoms with Crippen LogP contribution in [-0.4, -0.2) is 23.0 Å². The van der Waals surface area contributed by atoms with Crippen molar-refractivity contribution in [3.8, 4) is 0 Å². The first-order valence-electron chi connectivity index (χ1n) is 6.64. The van der Waals surface area contributed by atoms with Gasteiger partial charge in [0, 0.05) is 6.04 Å². The van der Waals surface area contributed by atoms with Gasteiger partial charge in [0.25, 0.3) is 0 Å². The second kappa shape index (κ2) is 7.33. The van der Waals surface area contributed by atoms with Crippen LogP contribution in [0.1, 0.15) is 50.9 Å². The Labute approximate surface area is 118 Å². The van der Waals surface area contributed by atoms with Gasteiger partial charge in [-0.3, -0.25) is 0 Å². The zero-order chi connectivity index (χ0) is 14.4. The Morgan fingerprint density at radius 2 is 2.11 bits per heavy atom. The van der Waals surface area contributed by atoms with Gasteiger partial charge in [-0.1, -0.05) is 13.8 Å². The monoisotopic (exact) mass is 285 g/mol. The van der Waals surface area contributed by atoms with Crippen LogP contribution in [0.25, 0.3) is 0 Å². The normalized spacial score (nSPS) is 12.5. The topological polar surface area (TPSA) is 77.2 Å². The highest BCUT2D eigenvalue weighted by Crippen LogP contribution is 2.28. The zero-order valence-electron chi connectivity index (χ0n) is 12.0. The lowest BCUT2D eigenvalue weighted by atomic mass is 10.0. The van der Waals surface area contributed by atoms with Crippen LogP contribution in [0.15, 0.2) is 0 Å². The van der Waals surface area contributed by atoms with Crippen molar-refractivity contribution in [3.05, 3.63) is 5.56 Å². The third-order valence-corrected chi connectivity index (χ3v) is 3.55. The van der Waals surface area contributed by atoms with E-state index in [4.69, 9.17) is 10.5 Å². The van der Waals surface area contributed by atoms with Crippen LogP contribution in [0.3, 0.4) is 0 Å². The molecule has 5 nitrogen and oxygen atoms in total. The number of nitrogen functional groups attached to an aromatic ring is 1. The summed E-state index contributed by atoms with van der Waals surface area (Å²) < 4.78 is 9.02. The van der Waals surface area contributed by atoms with Gasteiger partial charge in [0.05, 0.1) is 6.61 Å². The van der Waals surface area contributed by atoms with Gasteiger partial charge in [-0.15, -0.1) is 0 Å². The summed E-state index contributed by atoms with van der Waals surface area (Å²) in [5.74, 6) is 0.495. The van der Waals surface area contributed by atoms with Crippen LogP contribution < -0.4 is 11.1 Å². The number of hydrogen-bond acceptors (Lipinski definition) is 6. The number of rotatable bonds is 7. The molecular formula is C13H23N3O2S. The minimum absolute atomic E-state index is 0.238. The maximum Gasteiger partial charge on any atom is 0.344 e. The maximum atomic E-state index is 11.8. The van der Waals surface area contributed by atoms with Crippen molar-refractivity contribution >= 4 is 28.3 Å². The first-order chi connectivity index (χ1) is 8.95. The third-order valence-electron chi connectivity index (χ3n) is 2.75. The van der Waals surface area contributed by atoms with Gasteiger partial charge in [-0.05, 0) is 44.1 Å². The number of aromatic nitrogens is 1. The van der Waals surface area contributed by atoms with E-state index in [-0.39, 0.29) is 11.9 Å². The molecule has 0 aliphatic heterocycles.